The molecule has 0 saturated carbocycles. The summed E-state index contributed by atoms with van der Waals surface area (Å²) in [6.45, 7) is 1.86. The number of rotatable bonds is 5. The number of pyridine rings is 1. The van der Waals surface area contributed by atoms with E-state index in [1.54, 1.807) is 31.6 Å². The van der Waals surface area contributed by atoms with E-state index in [1.165, 1.54) is 0 Å². The normalized spacial score (nSPS) is 11.0. The first kappa shape index (κ1) is 14.7. The number of para-hydroxylation sites is 1. The molecule has 1 amide bonds. The van der Waals surface area contributed by atoms with Gasteiger partial charge in [-0.2, -0.15) is 5.10 Å². The first-order valence-corrected chi connectivity index (χ1v) is 6.56. The Balaban J connectivity index is 2.00. The molecule has 0 atom stereocenters. The maximum Gasteiger partial charge on any atom is 0.271 e. The molecule has 2 rings (SSSR count). The summed E-state index contributed by atoms with van der Waals surface area (Å²) >= 11 is 0. The van der Waals surface area contributed by atoms with Crippen LogP contribution in [0.3, 0.4) is 0 Å². The molecule has 0 aliphatic carbocycles. The van der Waals surface area contributed by atoms with Crippen molar-refractivity contribution in [3.8, 4) is 5.75 Å². The van der Waals surface area contributed by atoms with Crippen molar-refractivity contribution in [1.29, 1.82) is 0 Å². The summed E-state index contributed by atoms with van der Waals surface area (Å²) < 4.78 is 5.29. The van der Waals surface area contributed by atoms with E-state index in [0.717, 1.165) is 17.0 Å². The molecule has 1 N–H and O–H groups in total. The predicted molar refractivity (Wildman–Crippen MR) is 81.5 cm³/mol. The van der Waals surface area contributed by atoms with Gasteiger partial charge >= 0.3 is 0 Å². The summed E-state index contributed by atoms with van der Waals surface area (Å²) in [5.41, 5.74) is 4.88. The number of nitrogens with one attached hydrogen (secondary N) is 1. The van der Waals surface area contributed by atoms with Gasteiger partial charge in [-0.1, -0.05) is 18.2 Å². The molecule has 0 unspecified atom stereocenters. The van der Waals surface area contributed by atoms with Gasteiger partial charge in [0.25, 0.3) is 5.91 Å². The van der Waals surface area contributed by atoms with Gasteiger partial charge in [0.05, 0.1) is 7.11 Å². The zero-order valence-corrected chi connectivity index (χ0v) is 12.0. The molecule has 5 nitrogen and oxygen atoms in total. The minimum Gasteiger partial charge on any atom is -0.496 e. The van der Waals surface area contributed by atoms with Gasteiger partial charge in [0.2, 0.25) is 0 Å². The molecule has 0 radical (unpaired) electrons. The van der Waals surface area contributed by atoms with Crippen molar-refractivity contribution in [3.63, 3.8) is 0 Å². The van der Waals surface area contributed by atoms with Crippen molar-refractivity contribution < 1.29 is 9.53 Å². The Hall–Kier alpha value is -2.69. The third-order valence-corrected chi connectivity index (χ3v) is 2.93. The van der Waals surface area contributed by atoms with Crippen molar-refractivity contribution >= 4 is 11.6 Å². The molecule has 0 saturated heterocycles. The van der Waals surface area contributed by atoms with Crippen LogP contribution >= 0.6 is 0 Å². The van der Waals surface area contributed by atoms with Crippen LogP contribution in [0.4, 0.5) is 0 Å². The van der Waals surface area contributed by atoms with Crippen LogP contribution in [0.15, 0.2) is 53.9 Å². The minimum atomic E-state index is -0.253. The second-order valence-corrected chi connectivity index (χ2v) is 4.51. The van der Waals surface area contributed by atoms with Crippen molar-refractivity contribution in [2.45, 2.75) is 13.3 Å². The Morgan fingerprint density at radius 3 is 2.67 bits per heavy atom. The maximum absolute atomic E-state index is 11.9. The number of hydrazone groups is 1. The van der Waals surface area contributed by atoms with Crippen LogP contribution in [0.5, 0.6) is 5.75 Å². The number of nitrogens with zero attached hydrogens (tertiary/aromatic N) is 2. The third-order valence-electron chi connectivity index (χ3n) is 2.93. The molecule has 0 aliphatic rings. The molecule has 1 heterocycles. The Kier molecular flexibility index (Phi) is 5.04. The quantitative estimate of drug-likeness (QED) is 0.677. The monoisotopic (exact) mass is 283 g/mol. The van der Waals surface area contributed by atoms with Crippen molar-refractivity contribution in [3.05, 3.63) is 59.9 Å². The van der Waals surface area contributed by atoms with Gasteiger partial charge in [-0.05, 0) is 30.7 Å². The second kappa shape index (κ2) is 7.19. The maximum atomic E-state index is 11.9. The van der Waals surface area contributed by atoms with Crippen LogP contribution in [-0.4, -0.2) is 23.7 Å². The zero-order valence-electron chi connectivity index (χ0n) is 12.0. The molecular weight excluding hydrogens is 266 g/mol. The number of benzene rings is 1. The summed E-state index contributed by atoms with van der Waals surface area (Å²) in [5.74, 6) is 0.560. The average Bonchev–Trinajstić information content (AvgIpc) is 2.54. The molecule has 0 bridgehead atoms. The van der Waals surface area contributed by atoms with Crippen LogP contribution in [0.25, 0.3) is 0 Å². The molecular formula is C16H17N3O2. The standard InChI is InChI=1S/C16H17N3O2/c1-12(11-14-5-3-4-6-15(14)21-2)18-19-16(20)13-7-9-17-10-8-13/h3-10H,11H2,1-2H3,(H,19,20)/b18-12-. The van der Waals surface area contributed by atoms with Crippen molar-refractivity contribution in [1.82, 2.24) is 10.4 Å². The van der Waals surface area contributed by atoms with Crippen molar-refractivity contribution in [2.75, 3.05) is 7.11 Å². The lowest BCUT2D eigenvalue weighted by Crippen LogP contribution is -2.19. The van der Waals surface area contributed by atoms with E-state index in [9.17, 15) is 4.79 Å². The highest BCUT2D eigenvalue weighted by atomic mass is 16.5. The highest BCUT2D eigenvalue weighted by molar-refractivity contribution is 5.95. The highest BCUT2D eigenvalue weighted by Crippen LogP contribution is 2.17. The van der Waals surface area contributed by atoms with Gasteiger partial charge in [-0.3, -0.25) is 9.78 Å². The van der Waals surface area contributed by atoms with Crippen LogP contribution < -0.4 is 10.2 Å². The number of hydrogen-bond acceptors (Lipinski definition) is 4. The fourth-order valence-corrected chi connectivity index (χ4v) is 1.88. The Labute approximate surface area is 123 Å². The summed E-state index contributed by atoms with van der Waals surface area (Å²) in [5, 5.41) is 4.11. The first-order chi connectivity index (χ1) is 10.2. The first-order valence-electron chi connectivity index (χ1n) is 6.56. The van der Waals surface area contributed by atoms with Gasteiger partial charge in [0.15, 0.2) is 0 Å². The lowest BCUT2D eigenvalue weighted by atomic mass is 10.1. The fraction of sp³-hybridized carbons (Fsp3) is 0.188. The lowest BCUT2D eigenvalue weighted by molar-refractivity contribution is 0.0954. The molecule has 0 aliphatic heterocycles. The molecule has 1 aromatic heterocycles. The average molecular weight is 283 g/mol. The molecule has 21 heavy (non-hydrogen) atoms. The van der Waals surface area contributed by atoms with E-state index >= 15 is 0 Å². The zero-order chi connectivity index (χ0) is 15.1. The number of amides is 1. The Morgan fingerprint density at radius 1 is 1.24 bits per heavy atom. The number of hydrogen-bond donors (Lipinski definition) is 1. The molecule has 5 heteroatoms. The summed E-state index contributed by atoms with van der Waals surface area (Å²) in [7, 11) is 1.64. The molecule has 2 aromatic rings. The number of ether oxygens (including phenoxy) is 1. The topological polar surface area (TPSA) is 63.6 Å². The number of aromatic nitrogens is 1. The van der Waals surface area contributed by atoms with Crippen LogP contribution in [0.2, 0.25) is 0 Å². The predicted octanol–water partition coefficient (Wildman–Crippen LogP) is 2.44. The van der Waals surface area contributed by atoms with E-state index in [4.69, 9.17) is 4.74 Å². The third kappa shape index (κ3) is 4.14. The summed E-state index contributed by atoms with van der Waals surface area (Å²) in [6.07, 6.45) is 3.75. The number of carbonyl (C=O) groups is 1. The summed E-state index contributed by atoms with van der Waals surface area (Å²) in [6, 6.07) is 11.0. The van der Waals surface area contributed by atoms with Gasteiger partial charge < -0.3 is 4.74 Å². The van der Waals surface area contributed by atoms with E-state index in [-0.39, 0.29) is 5.91 Å². The largest absolute Gasteiger partial charge is 0.496 e. The molecule has 0 spiro atoms. The van der Waals surface area contributed by atoms with Crippen LogP contribution in [0, 0.1) is 0 Å². The van der Waals surface area contributed by atoms with Gasteiger partial charge in [-0.15, -0.1) is 0 Å². The molecule has 1 aromatic carbocycles. The van der Waals surface area contributed by atoms with Crippen molar-refractivity contribution in [2.24, 2.45) is 5.10 Å². The smallest absolute Gasteiger partial charge is 0.271 e. The Bertz CT molecular complexity index is 639. The Morgan fingerprint density at radius 2 is 1.95 bits per heavy atom. The lowest BCUT2D eigenvalue weighted by Gasteiger charge is -2.08. The highest BCUT2D eigenvalue weighted by Gasteiger charge is 2.05. The molecule has 108 valence electrons. The fourth-order valence-electron chi connectivity index (χ4n) is 1.88. The number of methoxy groups -OCH3 is 1. The summed E-state index contributed by atoms with van der Waals surface area (Å²) in [4.78, 5) is 15.7. The van der Waals surface area contributed by atoms with Gasteiger partial charge in [-0.25, -0.2) is 5.43 Å². The SMILES string of the molecule is COc1ccccc1C/C(C)=N\NC(=O)c1ccncc1. The number of carbonyl (C=O) groups excluding carboxylic acids is 1. The van der Waals surface area contributed by atoms with E-state index < -0.39 is 0 Å². The van der Waals surface area contributed by atoms with E-state index in [2.05, 4.69) is 15.5 Å². The van der Waals surface area contributed by atoms with Crippen LogP contribution in [0.1, 0.15) is 22.8 Å². The second-order valence-electron chi connectivity index (χ2n) is 4.51. The van der Waals surface area contributed by atoms with E-state index in [0.29, 0.717) is 12.0 Å². The van der Waals surface area contributed by atoms with Crippen LogP contribution in [-0.2, 0) is 6.42 Å². The van der Waals surface area contributed by atoms with E-state index in [1.807, 2.05) is 31.2 Å². The minimum absolute atomic E-state index is 0.253. The van der Waals surface area contributed by atoms with Gasteiger partial charge in [0.1, 0.15) is 5.75 Å². The molecule has 0 fully saturated rings. The van der Waals surface area contributed by atoms with Gasteiger partial charge in [0, 0.05) is 30.1 Å².